The first kappa shape index (κ1) is 13.6. The zero-order valence-corrected chi connectivity index (χ0v) is 12.0. The topological polar surface area (TPSA) is 112 Å². The predicted octanol–water partition coefficient (Wildman–Crippen LogP) is 0.998. The van der Waals surface area contributed by atoms with E-state index in [4.69, 9.17) is 0 Å². The minimum atomic E-state index is -3.75. The number of H-pyrrole nitrogens is 1. The summed E-state index contributed by atoms with van der Waals surface area (Å²) in [6, 6.07) is 6.30. The standard InChI is InChI=1S/C12H13N5O3S/c1-2-7-17-10(12-13-15-16-14-12)11(18)8-5-3-4-6-9(8)21(17,19)20/h3-6,18H,2,7H2,1H3,(H,13,14,15,16). The molecule has 2 N–H and O–H groups in total. The number of nitrogens with one attached hydrogen (secondary N) is 1. The number of hydrogen-bond acceptors (Lipinski definition) is 6. The Bertz CT molecular complexity index is 798. The zero-order valence-electron chi connectivity index (χ0n) is 11.2. The molecule has 0 unspecified atom stereocenters. The number of hydrogen-bond donors (Lipinski definition) is 2. The molecule has 2 aromatic rings. The van der Waals surface area contributed by atoms with E-state index in [-0.39, 0.29) is 34.3 Å². The van der Waals surface area contributed by atoms with Gasteiger partial charge in [0.25, 0.3) is 10.0 Å². The van der Waals surface area contributed by atoms with E-state index in [0.717, 1.165) is 4.31 Å². The minimum absolute atomic E-state index is 0.0700. The van der Waals surface area contributed by atoms with E-state index in [1.807, 2.05) is 6.92 Å². The Labute approximate surface area is 121 Å². The molecule has 9 heteroatoms. The number of rotatable bonds is 3. The Morgan fingerprint density at radius 1 is 1.33 bits per heavy atom. The van der Waals surface area contributed by atoms with Crippen LogP contribution in [0.4, 0.5) is 0 Å². The van der Waals surface area contributed by atoms with E-state index in [1.165, 1.54) is 6.07 Å². The quantitative estimate of drug-likeness (QED) is 0.874. The third kappa shape index (κ3) is 1.97. The fourth-order valence-electron chi connectivity index (χ4n) is 2.30. The Morgan fingerprint density at radius 3 is 2.76 bits per heavy atom. The average molecular weight is 307 g/mol. The molecule has 0 aliphatic carbocycles. The molecule has 3 rings (SSSR count). The van der Waals surface area contributed by atoms with Crippen LogP contribution in [0.5, 0.6) is 0 Å². The molecule has 8 nitrogen and oxygen atoms in total. The van der Waals surface area contributed by atoms with E-state index in [0.29, 0.717) is 6.42 Å². The summed E-state index contributed by atoms with van der Waals surface area (Å²) >= 11 is 0. The molecule has 0 saturated heterocycles. The fourth-order valence-corrected chi connectivity index (χ4v) is 4.06. The van der Waals surface area contributed by atoms with Gasteiger partial charge in [-0.05, 0) is 29.0 Å². The highest BCUT2D eigenvalue weighted by Gasteiger charge is 2.38. The first-order chi connectivity index (χ1) is 10.1. The Kier molecular flexibility index (Phi) is 3.13. The fraction of sp³-hybridized carbons (Fsp3) is 0.250. The first-order valence-electron chi connectivity index (χ1n) is 6.37. The summed E-state index contributed by atoms with van der Waals surface area (Å²) in [5.41, 5.74) is 0.316. The number of benzene rings is 1. The van der Waals surface area contributed by atoms with Crippen molar-refractivity contribution in [2.75, 3.05) is 6.54 Å². The molecule has 1 aromatic heterocycles. The first-order valence-corrected chi connectivity index (χ1v) is 7.81. The van der Waals surface area contributed by atoms with Gasteiger partial charge < -0.3 is 5.11 Å². The molecular weight excluding hydrogens is 294 g/mol. The lowest BCUT2D eigenvalue weighted by Gasteiger charge is -2.30. The van der Waals surface area contributed by atoms with Gasteiger partial charge in [0.15, 0.2) is 5.76 Å². The molecule has 0 spiro atoms. The largest absolute Gasteiger partial charge is 0.505 e. The highest BCUT2D eigenvalue weighted by Crippen LogP contribution is 2.38. The van der Waals surface area contributed by atoms with Crippen LogP contribution in [0.3, 0.4) is 0 Å². The number of sulfonamides is 1. The Morgan fingerprint density at radius 2 is 2.10 bits per heavy atom. The second kappa shape index (κ2) is 4.85. The molecule has 1 aliphatic heterocycles. The molecule has 0 radical (unpaired) electrons. The van der Waals surface area contributed by atoms with Crippen molar-refractivity contribution >= 4 is 21.5 Å². The van der Waals surface area contributed by atoms with Gasteiger partial charge in [0, 0.05) is 12.1 Å². The van der Waals surface area contributed by atoms with E-state index in [9.17, 15) is 13.5 Å². The molecule has 1 aromatic carbocycles. The zero-order chi connectivity index (χ0) is 15.0. The molecule has 0 atom stereocenters. The summed E-state index contributed by atoms with van der Waals surface area (Å²) in [7, 11) is -3.75. The summed E-state index contributed by atoms with van der Waals surface area (Å²) in [5, 5.41) is 23.6. The van der Waals surface area contributed by atoms with Crippen LogP contribution < -0.4 is 0 Å². The highest BCUT2D eigenvalue weighted by atomic mass is 32.2. The second-order valence-electron chi connectivity index (χ2n) is 4.52. The molecule has 0 fully saturated rings. The van der Waals surface area contributed by atoms with Gasteiger partial charge in [-0.2, -0.15) is 0 Å². The van der Waals surface area contributed by atoms with Crippen LogP contribution in [-0.2, 0) is 10.0 Å². The van der Waals surface area contributed by atoms with Crippen LogP contribution in [0.1, 0.15) is 24.7 Å². The minimum Gasteiger partial charge on any atom is -0.505 e. The number of aromatic nitrogens is 4. The smallest absolute Gasteiger partial charge is 0.265 e. The van der Waals surface area contributed by atoms with E-state index in [2.05, 4.69) is 20.6 Å². The summed E-state index contributed by atoms with van der Waals surface area (Å²) in [6.45, 7) is 2.07. The van der Waals surface area contributed by atoms with Crippen LogP contribution in [-0.4, -0.2) is 45.0 Å². The van der Waals surface area contributed by atoms with Crippen molar-refractivity contribution in [1.82, 2.24) is 24.9 Å². The van der Waals surface area contributed by atoms with Crippen molar-refractivity contribution in [2.45, 2.75) is 18.2 Å². The van der Waals surface area contributed by atoms with Gasteiger partial charge in [-0.25, -0.2) is 13.5 Å². The molecule has 2 heterocycles. The molecule has 110 valence electrons. The molecule has 0 saturated carbocycles. The van der Waals surface area contributed by atoms with Crippen molar-refractivity contribution in [3.63, 3.8) is 0 Å². The van der Waals surface area contributed by atoms with Crippen LogP contribution in [0.15, 0.2) is 29.2 Å². The summed E-state index contributed by atoms with van der Waals surface area (Å²) in [5.74, 6) is -0.0496. The number of aliphatic hydroxyl groups excluding tert-OH is 1. The Balaban J connectivity index is 2.33. The van der Waals surface area contributed by atoms with Crippen LogP contribution >= 0.6 is 0 Å². The molecule has 21 heavy (non-hydrogen) atoms. The van der Waals surface area contributed by atoms with Crippen molar-refractivity contribution in [1.29, 1.82) is 0 Å². The highest BCUT2D eigenvalue weighted by molar-refractivity contribution is 7.89. The van der Waals surface area contributed by atoms with Gasteiger partial charge in [0.05, 0.1) is 4.90 Å². The molecule has 0 bridgehead atoms. The van der Waals surface area contributed by atoms with E-state index < -0.39 is 10.0 Å². The lowest BCUT2D eigenvalue weighted by Crippen LogP contribution is -2.35. The maximum atomic E-state index is 12.7. The van der Waals surface area contributed by atoms with Crippen molar-refractivity contribution < 1.29 is 13.5 Å². The predicted molar refractivity (Wildman–Crippen MR) is 74.2 cm³/mol. The van der Waals surface area contributed by atoms with Gasteiger partial charge in [-0.15, -0.1) is 5.10 Å². The molecule has 1 aliphatic rings. The monoisotopic (exact) mass is 307 g/mol. The summed E-state index contributed by atoms with van der Waals surface area (Å²) in [6.07, 6.45) is 0.583. The molecular formula is C12H13N5O3S. The van der Waals surface area contributed by atoms with Crippen LogP contribution in [0.25, 0.3) is 11.5 Å². The third-order valence-electron chi connectivity index (χ3n) is 3.18. The van der Waals surface area contributed by atoms with Gasteiger partial charge in [-0.1, -0.05) is 19.1 Å². The Hall–Kier alpha value is -2.42. The SMILES string of the molecule is CCCN1C(c2nnn[nH]2)=C(O)c2ccccc2S1(=O)=O. The van der Waals surface area contributed by atoms with E-state index >= 15 is 0 Å². The average Bonchev–Trinajstić information content (AvgIpc) is 2.99. The lowest BCUT2D eigenvalue weighted by atomic mass is 10.1. The second-order valence-corrected chi connectivity index (χ2v) is 6.35. The third-order valence-corrected chi connectivity index (χ3v) is 5.04. The maximum absolute atomic E-state index is 12.7. The van der Waals surface area contributed by atoms with E-state index in [1.54, 1.807) is 18.2 Å². The number of aliphatic hydroxyl groups is 1. The summed E-state index contributed by atoms with van der Waals surface area (Å²) < 4.78 is 26.6. The van der Waals surface area contributed by atoms with Gasteiger partial charge >= 0.3 is 0 Å². The number of aromatic amines is 1. The van der Waals surface area contributed by atoms with Crippen molar-refractivity contribution in [2.24, 2.45) is 0 Å². The molecule has 0 amide bonds. The normalized spacial score (nSPS) is 16.9. The number of tetrazole rings is 1. The van der Waals surface area contributed by atoms with Gasteiger partial charge in [0.2, 0.25) is 5.82 Å². The van der Waals surface area contributed by atoms with Crippen LogP contribution in [0.2, 0.25) is 0 Å². The summed E-state index contributed by atoms with van der Waals surface area (Å²) in [4.78, 5) is 0.0761. The van der Waals surface area contributed by atoms with Gasteiger partial charge in [0.1, 0.15) is 5.70 Å². The maximum Gasteiger partial charge on any atom is 0.265 e. The van der Waals surface area contributed by atoms with Crippen molar-refractivity contribution in [3.05, 3.63) is 35.7 Å². The number of nitrogens with zero attached hydrogens (tertiary/aromatic N) is 4. The number of fused-ring (bicyclic) bond motifs is 1. The van der Waals surface area contributed by atoms with Crippen LogP contribution in [0, 0.1) is 0 Å². The van der Waals surface area contributed by atoms with Gasteiger partial charge in [-0.3, -0.25) is 4.31 Å². The van der Waals surface area contributed by atoms with Crippen molar-refractivity contribution in [3.8, 4) is 0 Å². The lowest BCUT2D eigenvalue weighted by molar-refractivity contribution is 0.466.